The van der Waals surface area contributed by atoms with Gasteiger partial charge >= 0.3 is 0 Å². The number of ketones is 1. The van der Waals surface area contributed by atoms with Crippen molar-refractivity contribution in [1.82, 2.24) is 0 Å². The van der Waals surface area contributed by atoms with Crippen LogP contribution < -0.4 is 0 Å². The van der Waals surface area contributed by atoms with Gasteiger partial charge in [0.25, 0.3) is 0 Å². The van der Waals surface area contributed by atoms with E-state index in [2.05, 4.69) is 26.7 Å². The molecule has 0 amide bonds. The van der Waals surface area contributed by atoms with Gasteiger partial charge in [-0.2, -0.15) is 0 Å². The van der Waals surface area contributed by atoms with Crippen LogP contribution in [-0.2, 0) is 4.79 Å². The van der Waals surface area contributed by atoms with E-state index in [1.54, 1.807) is 0 Å². The lowest BCUT2D eigenvalue weighted by Gasteiger charge is -1.60. The van der Waals surface area contributed by atoms with Gasteiger partial charge in [-0.15, -0.1) is 0 Å². The Morgan fingerprint density at radius 3 is 2.33 bits per heavy atom. The van der Waals surface area contributed by atoms with E-state index in [1.807, 2.05) is 0 Å². The molecule has 0 rings (SSSR count). The Hall–Kier alpha value is -0.290. The predicted octanol–water partition coefficient (Wildman–Crippen LogP) is 0.931. The standard InChI is InChI=1S/C4H3BrO/c1-4(6)2-3-5/h1H3. The summed E-state index contributed by atoms with van der Waals surface area (Å²) in [7, 11) is 0. The molecule has 0 aliphatic heterocycles. The van der Waals surface area contributed by atoms with Crippen LogP contribution in [0.5, 0.6) is 0 Å². The maximum atomic E-state index is 9.84. The van der Waals surface area contributed by atoms with Crippen molar-refractivity contribution in [2.45, 2.75) is 6.92 Å². The van der Waals surface area contributed by atoms with Crippen LogP contribution in [0.2, 0.25) is 0 Å². The molecule has 0 aromatic rings. The van der Waals surface area contributed by atoms with Gasteiger partial charge in [0.05, 0.1) is 0 Å². The van der Waals surface area contributed by atoms with Gasteiger partial charge in [0.2, 0.25) is 5.78 Å². The van der Waals surface area contributed by atoms with E-state index in [0.29, 0.717) is 0 Å². The summed E-state index contributed by atoms with van der Waals surface area (Å²) in [5.41, 5.74) is 0. The van der Waals surface area contributed by atoms with E-state index in [0.717, 1.165) is 0 Å². The fourth-order valence-electron chi connectivity index (χ4n) is 0.0665. The molecule has 0 spiro atoms. The molecule has 0 saturated heterocycles. The number of hydrogen-bond acceptors (Lipinski definition) is 1. The molecule has 6 heavy (non-hydrogen) atoms. The average molecular weight is 147 g/mol. The Morgan fingerprint density at radius 2 is 2.33 bits per heavy atom. The van der Waals surface area contributed by atoms with Gasteiger partial charge in [-0.3, -0.25) is 4.79 Å². The minimum absolute atomic E-state index is 0.119. The molecule has 0 heterocycles. The summed E-state index contributed by atoms with van der Waals surface area (Å²) in [6.45, 7) is 1.41. The molecule has 0 fully saturated rings. The fraction of sp³-hybridized carbons (Fsp3) is 0.250. The minimum Gasteiger partial charge on any atom is -0.285 e. The zero-order chi connectivity index (χ0) is 4.99. The molecular formula is C4H3BrO. The van der Waals surface area contributed by atoms with E-state index in [4.69, 9.17) is 0 Å². The van der Waals surface area contributed by atoms with E-state index < -0.39 is 0 Å². The first kappa shape index (κ1) is 5.71. The van der Waals surface area contributed by atoms with Gasteiger partial charge in [0, 0.05) is 22.9 Å². The van der Waals surface area contributed by atoms with Crippen molar-refractivity contribution in [3.63, 3.8) is 0 Å². The highest BCUT2D eigenvalue weighted by Crippen LogP contribution is 1.68. The fourth-order valence-corrected chi connectivity index (χ4v) is 0.346. The summed E-state index contributed by atoms with van der Waals surface area (Å²) in [6.07, 6.45) is 0. The Kier molecular flexibility index (Phi) is 2.78. The first-order valence-electron chi connectivity index (χ1n) is 1.39. The molecule has 0 atom stereocenters. The van der Waals surface area contributed by atoms with Crippen LogP contribution in [-0.4, -0.2) is 5.78 Å². The van der Waals surface area contributed by atoms with E-state index in [1.165, 1.54) is 6.92 Å². The molecule has 0 unspecified atom stereocenters. The van der Waals surface area contributed by atoms with E-state index in [9.17, 15) is 4.79 Å². The van der Waals surface area contributed by atoms with Crippen LogP contribution in [0.15, 0.2) is 0 Å². The van der Waals surface area contributed by atoms with Crippen LogP contribution in [0.25, 0.3) is 0 Å². The lowest BCUT2D eigenvalue weighted by atomic mass is 10.5. The molecule has 0 aliphatic rings. The highest BCUT2D eigenvalue weighted by atomic mass is 79.9. The molecule has 1 nitrogen and oxygen atoms in total. The van der Waals surface area contributed by atoms with E-state index in [-0.39, 0.29) is 5.78 Å². The van der Waals surface area contributed by atoms with Gasteiger partial charge in [0.15, 0.2) is 0 Å². The first-order valence-corrected chi connectivity index (χ1v) is 2.19. The third-order valence-electron chi connectivity index (χ3n) is 0.223. The summed E-state index contributed by atoms with van der Waals surface area (Å²) in [5, 5.41) is 0. The third-order valence-corrected chi connectivity index (χ3v) is 0.422. The first-order chi connectivity index (χ1) is 2.77. The Labute approximate surface area is 44.9 Å². The van der Waals surface area contributed by atoms with Crippen LogP contribution in [0.1, 0.15) is 6.92 Å². The van der Waals surface area contributed by atoms with Crippen molar-refractivity contribution in [2.24, 2.45) is 0 Å². The van der Waals surface area contributed by atoms with Gasteiger partial charge in [-0.1, -0.05) is 0 Å². The number of rotatable bonds is 0. The van der Waals surface area contributed by atoms with Crippen LogP contribution in [0.3, 0.4) is 0 Å². The summed E-state index contributed by atoms with van der Waals surface area (Å²) in [5.74, 6) is 2.12. The van der Waals surface area contributed by atoms with Crippen LogP contribution >= 0.6 is 15.9 Å². The monoisotopic (exact) mass is 146 g/mol. The van der Waals surface area contributed by atoms with Crippen molar-refractivity contribution >= 4 is 21.7 Å². The van der Waals surface area contributed by atoms with Crippen LogP contribution in [0.4, 0.5) is 0 Å². The summed E-state index contributed by atoms with van der Waals surface area (Å²) in [6, 6.07) is 0. The van der Waals surface area contributed by atoms with Crippen molar-refractivity contribution in [3.05, 3.63) is 0 Å². The molecule has 0 aliphatic carbocycles. The molecule has 0 saturated carbocycles. The molecule has 0 aromatic heterocycles. The van der Waals surface area contributed by atoms with Gasteiger partial charge in [-0.25, -0.2) is 0 Å². The lowest BCUT2D eigenvalue weighted by Crippen LogP contribution is -1.77. The van der Waals surface area contributed by atoms with Gasteiger partial charge in [0.1, 0.15) is 0 Å². The molecule has 2 heteroatoms. The number of halogens is 1. The Bertz CT molecular complexity index is 106. The second-order valence-corrected chi connectivity index (χ2v) is 1.17. The van der Waals surface area contributed by atoms with Crippen molar-refractivity contribution in [1.29, 1.82) is 0 Å². The van der Waals surface area contributed by atoms with Crippen LogP contribution in [0, 0.1) is 10.8 Å². The van der Waals surface area contributed by atoms with Crippen molar-refractivity contribution < 1.29 is 4.79 Å². The minimum atomic E-state index is -0.119. The average Bonchev–Trinajstić information content (AvgIpc) is 1.35. The molecular weight excluding hydrogens is 144 g/mol. The normalized spacial score (nSPS) is 5.67. The van der Waals surface area contributed by atoms with E-state index >= 15 is 0 Å². The van der Waals surface area contributed by atoms with Gasteiger partial charge < -0.3 is 0 Å². The molecule has 0 bridgehead atoms. The summed E-state index contributed by atoms with van der Waals surface area (Å²) < 4.78 is 0. The Morgan fingerprint density at radius 1 is 1.83 bits per heavy atom. The Balaban J connectivity index is 3.50. The maximum Gasteiger partial charge on any atom is 0.203 e. The smallest absolute Gasteiger partial charge is 0.203 e. The highest BCUT2D eigenvalue weighted by Gasteiger charge is 1.73. The predicted molar refractivity (Wildman–Crippen MR) is 27.4 cm³/mol. The second-order valence-electron chi connectivity index (χ2n) is 0.776. The number of Topliss-reactive ketones (excluding diaryl/α,β-unsaturated/α-hetero) is 1. The topological polar surface area (TPSA) is 17.1 Å². The van der Waals surface area contributed by atoms with Crippen molar-refractivity contribution in [3.8, 4) is 10.8 Å². The third kappa shape index (κ3) is 3.71. The molecule has 32 valence electrons. The number of carbonyl (C=O) groups excluding carboxylic acids is 1. The molecule has 0 aromatic carbocycles. The molecule has 0 N–H and O–H groups in total. The largest absolute Gasteiger partial charge is 0.285 e. The van der Waals surface area contributed by atoms with Crippen molar-refractivity contribution in [2.75, 3.05) is 0 Å². The zero-order valence-electron chi connectivity index (χ0n) is 3.29. The highest BCUT2D eigenvalue weighted by molar-refractivity contribution is 9.12. The molecule has 0 radical (unpaired) electrons. The zero-order valence-corrected chi connectivity index (χ0v) is 4.87. The van der Waals surface area contributed by atoms with Gasteiger partial charge in [-0.05, 0) is 10.8 Å². The second kappa shape index (κ2) is 2.92. The quantitative estimate of drug-likeness (QED) is 0.466. The summed E-state index contributed by atoms with van der Waals surface area (Å²) in [4.78, 5) is 12.1. The number of carbonyl (C=O) groups is 1. The number of hydrogen-bond donors (Lipinski definition) is 0. The lowest BCUT2D eigenvalue weighted by molar-refractivity contribution is -0.111. The maximum absolute atomic E-state index is 9.84. The SMILES string of the molecule is CC(=O)C#CBr. The summed E-state index contributed by atoms with van der Waals surface area (Å²) >= 11 is 2.77.